The lowest BCUT2D eigenvalue weighted by Gasteiger charge is -2.32. The molecule has 0 saturated carbocycles. The Kier molecular flexibility index (Phi) is 3.73. The Bertz CT molecular complexity index is 374. The monoisotopic (exact) mass is 255 g/mol. The van der Waals surface area contributed by atoms with Crippen molar-refractivity contribution >= 4 is 17.4 Å². The van der Waals surface area contributed by atoms with Crippen LogP contribution in [-0.4, -0.2) is 28.7 Å². The van der Waals surface area contributed by atoms with Crippen molar-refractivity contribution in [1.82, 2.24) is 14.9 Å². The van der Waals surface area contributed by atoms with E-state index in [2.05, 4.69) is 14.9 Å². The van der Waals surface area contributed by atoms with Crippen molar-refractivity contribution in [3.63, 3.8) is 0 Å². The molecule has 0 spiro atoms. The number of hydrogen-bond donors (Lipinski definition) is 1. The Labute approximate surface area is 105 Å². The van der Waals surface area contributed by atoms with Gasteiger partial charge in [-0.25, -0.2) is 0 Å². The van der Waals surface area contributed by atoms with E-state index in [1.807, 2.05) is 19.2 Å². The van der Waals surface area contributed by atoms with E-state index in [0.717, 1.165) is 18.5 Å². The minimum absolute atomic E-state index is 0.0825. The number of carbonyl (C=O) groups excluding carboxylic acids is 1. The second-order valence-electron chi connectivity index (χ2n) is 4.70. The first-order valence-electron chi connectivity index (χ1n) is 5.77. The molecule has 1 aromatic heterocycles. The maximum Gasteiger partial charge on any atom is 0.226 e. The van der Waals surface area contributed by atoms with E-state index in [-0.39, 0.29) is 17.4 Å². The lowest BCUT2D eigenvalue weighted by molar-refractivity contribution is -0.136. The molecule has 0 bridgehead atoms. The van der Waals surface area contributed by atoms with Gasteiger partial charge in [0.05, 0.1) is 17.2 Å². The number of carbonyl (C=O) groups is 1. The summed E-state index contributed by atoms with van der Waals surface area (Å²) in [4.78, 5) is 12.2. The molecule has 1 saturated heterocycles. The first-order valence-corrected chi connectivity index (χ1v) is 6.61. The van der Waals surface area contributed by atoms with Gasteiger partial charge in [0.25, 0.3) is 0 Å². The first kappa shape index (κ1) is 12.4. The molecule has 0 radical (unpaired) electrons. The molecule has 0 aliphatic carbocycles. The summed E-state index contributed by atoms with van der Waals surface area (Å²) in [6.45, 7) is 5.25. The average molecular weight is 255 g/mol. The van der Waals surface area contributed by atoms with Gasteiger partial charge in [-0.2, -0.15) is 0 Å². The number of nitrogens with one attached hydrogen (secondary N) is 1. The highest BCUT2D eigenvalue weighted by atomic mass is 32.1. The summed E-state index contributed by atoms with van der Waals surface area (Å²) in [5.41, 5.74) is 0.509. The van der Waals surface area contributed by atoms with Gasteiger partial charge in [-0.3, -0.25) is 4.79 Å². The lowest BCUT2D eigenvalue weighted by atomic mass is 9.81. The molecule has 6 heteroatoms. The van der Waals surface area contributed by atoms with Gasteiger partial charge in [0.15, 0.2) is 0 Å². The molecule has 1 aliphatic heterocycles. The number of hydrogen-bond acceptors (Lipinski definition) is 5. The highest BCUT2D eigenvalue weighted by Crippen LogP contribution is 2.30. The zero-order valence-corrected chi connectivity index (χ0v) is 10.9. The van der Waals surface area contributed by atoms with Crippen LogP contribution in [0.15, 0.2) is 5.38 Å². The molecule has 17 heavy (non-hydrogen) atoms. The van der Waals surface area contributed by atoms with E-state index < -0.39 is 0 Å². The third-order valence-corrected chi connectivity index (χ3v) is 3.84. The largest absolute Gasteiger partial charge is 0.381 e. The molecule has 1 aromatic rings. The fourth-order valence-corrected chi connectivity index (χ4v) is 2.40. The number of ether oxygens (including phenoxy) is 1. The van der Waals surface area contributed by atoms with Gasteiger partial charge >= 0.3 is 0 Å². The topological polar surface area (TPSA) is 64.1 Å². The summed E-state index contributed by atoms with van der Waals surface area (Å²) in [5, 5.41) is 8.83. The zero-order valence-electron chi connectivity index (χ0n) is 10.1. The maximum atomic E-state index is 12.2. The van der Waals surface area contributed by atoms with Gasteiger partial charge < -0.3 is 10.1 Å². The van der Waals surface area contributed by atoms with Crippen molar-refractivity contribution in [2.45, 2.75) is 32.7 Å². The van der Waals surface area contributed by atoms with Crippen molar-refractivity contribution in [1.29, 1.82) is 0 Å². The van der Waals surface area contributed by atoms with Gasteiger partial charge in [0.2, 0.25) is 5.91 Å². The van der Waals surface area contributed by atoms with Crippen molar-refractivity contribution in [2.24, 2.45) is 5.41 Å². The van der Waals surface area contributed by atoms with E-state index in [9.17, 15) is 4.79 Å². The average Bonchev–Trinajstić information content (AvgIpc) is 2.83. The van der Waals surface area contributed by atoms with Crippen LogP contribution in [0, 0.1) is 5.41 Å². The Balaban J connectivity index is 1.96. The van der Waals surface area contributed by atoms with Crippen molar-refractivity contribution < 1.29 is 9.53 Å². The normalized spacial score (nSPS) is 20.8. The van der Waals surface area contributed by atoms with E-state index >= 15 is 0 Å². The summed E-state index contributed by atoms with van der Waals surface area (Å²) in [6.07, 6.45) is 1.56. The summed E-state index contributed by atoms with van der Waals surface area (Å²) >= 11 is 1.30. The van der Waals surface area contributed by atoms with Crippen LogP contribution in [-0.2, 0) is 9.53 Å². The number of aromatic nitrogens is 2. The van der Waals surface area contributed by atoms with Gasteiger partial charge in [-0.05, 0) is 31.3 Å². The van der Waals surface area contributed by atoms with E-state index in [4.69, 9.17) is 4.74 Å². The predicted octanol–water partition coefficient (Wildman–Crippen LogP) is 1.53. The molecule has 1 atom stereocenters. The van der Waals surface area contributed by atoms with Crippen LogP contribution in [0.4, 0.5) is 0 Å². The number of amides is 1. The Morgan fingerprint density at radius 1 is 1.59 bits per heavy atom. The van der Waals surface area contributed by atoms with Crippen molar-refractivity contribution in [3.05, 3.63) is 11.1 Å². The van der Waals surface area contributed by atoms with Gasteiger partial charge in [-0.1, -0.05) is 11.4 Å². The molecular weight excluding hydrogens is 238 g/mol. The molecule has 1 N–H and O–H groups in total. The third-order valence-electron chi connectivity index (χ3n) is 3.31. The quantitative estimate of drug-likeness (QED) is 0.889. The van der Waals surface area contributed by atoms with Gasteiger partial charge in [0.1, 0.15) is 0 Å². The van der Waals surface area contributed by atoms with E-state index in [1.165, 1.54) is 11.5 Å². The van der Waals surface area contributed by atoms with Crippen LogP contribution in [0.1, 0.15) is 38.4 Å². The number of rotatable bonds is 3. The van der Waals surface area contributed by atoms with Gasteiger partial charge in [-0.15, -0.1) is 5.10 Å². The Hall–Kier alpha value is -1.01. The number of nitrogens with zero attached hydrogens (tertiary/aromatic N) is 2. The van der Waals surface area contributed by atoms with Crippen molar-refractivity contribution in [3.8, 4) is 0 Å². The predicted molar refractivity (Wildman–Crippen MR) is 64.6 cm³/mol. The van der Waals surface area contributed by atoms with Crippen LogP contribution >= 0.6 is 11.5 Å². The molecule has 1 fully saturated rings. The molecule has 1 unspecified atom stereocenters. The van der Waals surface area contributed by atoms with Crippen LogP contribution in [0.25, 0.3) is 0 Å². The molecule has 2 rings (SSSR count). The molecule has 2 heterocycles. The Morgan fingerprint density at radius 2 is 2.29 bits per heavy atom. The molecule has 5 nitrogen and oxygen atoms in total. The molecule has 1 amide bonds. The van der Waals surface area contributed by atoms with E-state index in [0.29, 0.717) is 13.2 Å². The van der Waals surface area contributed by atoms with Crippen LogP contribution in [0.2, 0.25) is 0 Å². The third kappa shape index (κ3) is 2.81. The summed E-state index contributed by atoms with van der Waals surface area (Å²) in [6, 6.07) is -0.0825. The zero-order chi connectivity index (χ0) is 12.3. The second kappa shape index (κ2) is 5.10. The highest BCUT2D eigenvalue weighted by Gasteiger charge is 2.35. The SMILES string of the molecule is CC(NC(=O)C1(C)CCOCC1)c1csnn1. The van der Waals surface area contributed by atoms with Crippen LogP contribution < -0.4 is 5.32 Å². The van der Waals surface area contributed by atoms with Crippen molar-refractivity contribution in [2.75, 3.05) is 13.2 Å². The maximum absolute atomic E-state index is 12.2. The Morgan fingerprint density at radius 3 is 2.88 bits per heavy atom. The molecular formula is C11H17N3O2S. The second-order valence-corrected chi connectivity index (χ2v) is 5.31. The fraction of sp³-hybridized carbons (Fsp3) is 0.727. The highest BCUT2D eigenvalue weighted by molar-refractivity contribution is 7.03. The minimum atomic E-state index is -0.310. The summed E-state index contributed by atoms with van der Waals surface area (Å²) in [5.74, 6) is 0.0845. The molecule has 94 valence electrons. The molecule has 1 aliphatic rings. The smallest absolute Gasteiger partial charge is 0.226 e. The lowest BCUT2D eigenvalue weighted by Crippen LogP contribution is -2.43. The van der Waals surface area contributed by atoms with Gasteiger partial charge in [0, 0.05) is 18.6 Å². The fourth-order valence-electron chi connectivity index (χ4n) is 1.85. The van der Waals surface area contributed by atoms with Crippen LogP contribution in [0.5, 0.6) is 0 Å². The van der Waals surface area contributed by atoms with E-state index in [1.54, 1.807) is 0 Å². The molecule has 0 aromatic carbocycles. The minimum Gasteiger partial charge on any atom is -0.381 e. The standard InChI is InChI=1S/C11H17N3O2S/c1-8(9-7-17-14-13-9)12-10(15)11(2)3-5-16-6-4-11/h7-8H,3-6H2,1-2H3,(H,12,15). The summed E-state index contributed by atoms with van der Waals surface area (Å²) < 4.78 is 9.09. The summed E-state index contributed by atoms with van der Waals surface area (Å²) in [7, 11) is 0. The first-order chi connectivity index (χ1) is 8.12. The van der Waals surface area contributed by atoms with Crippen LogP contribution in [0.3, 0.4) is 0 Å².